The van der Waals surface area contributed by atoms with Gasteiger partial charge in [-0.2, -0.15) is 9.97 Å². The van der Waals surface area contributed by atoms with E-state index in [1.54, 1.807) is 12.1 Å². The van der Waals surface area contributed by atoms with E-state index in [0.717, 1.165) is 36.6 Å². The zero-order valence-electron chi connectivity index (χ0n) is 24.2. The maximum absolute atomic E-state index is 16.7. The molecule has 1 aromatic heterocycles. The molecule has 3 aromatic carbocycles. The van der Waals surface area contributed by atoms with E-state index in [4.69, 9.17) is 21.3 Å². The van der Waals surface area contributed by atoms with Crippen LogP contribution in [0.3, 0.4) is 0 Å². The van der Waals surface area contributed by atoms with Crippen molar-refractivity contribution in [3.05, 3.63) is 72.0 Å². The Labute approximate surface area is 259 Å². The molecule has 4 atom stereocenters. The highest BCUT2D eigenvalue weighted by molar-refractivity contribution is 6.36. The molecule has 226 valence electrons. The average Bonchev–Trinajstić information content (AvgIpc) is 3.65. The molecule has 4 aliphatic heterocycles. The summed E-state index contributed by atoms with van der Waals surface area (Å²) in [4.78, 5) is 28.0. The maximum atomic E-state index is 16.7. The van der Waals surface area contributed by atoms with Crippen molar-refractivity contribution in [3.8, 4) is 17.1 Å². The van der Waals surface area contributed by atoms with Crippen LogP contribution in [0.5, 0.6) is 6.01 Å². The number of benzene rings is 3. The number of rotatable bonds is 6. The summed E-state index contributed by atoms with van der Waals surface area (Å²) in [6, 6.07) is 15.1. The summed E-state index contributed by atoms with van der Waals surface area (Å²) in [6.45, 7) is 6.34. The molecule has 0 spiro atoms. The Morgan fingerprint density at radius 3 is 2.77 bits per heavy atom. The molecule has 10 heteroatoms. The van der Waals surface area contributed by atoms with Crippen molar-refractivity contribution < 1.29 is 18.3 Å². The molecule has 5 heterocycles. The third-order valence-electron chi connectivity index (χ3n) is 10.2. The van der Waals surface area contributed by atoms with Gasteiger partial charge < -0.3 is 14.5 Å². The second-order valence-corrected chi connectivity index (χ2v) is 12.9. The van der Waals surface area contributed by atoms with Crippen molar-refractivity contribution in [2.24, 2.45) is 0 Å². The first-order chi connectivity index (χ1) is 21.4. The van der Waals surface area contributed by atoms with Crippen LogP contribution in [0.1, 0.15) is 25.7 Å². The van der Waals surface area contributed by atoms with E-state index in [0.29, 0.717) is 53.4 Å². The summed E-state index contributed by atoms with van der Waals surface area (Å²) < 4.78 is 37.4. The molecule has 1 unspecified atom stereocenters. The van der Waals surface area contributed by atoms with Gasteiger partial charge in [0, 0.05) is 47.4 Å². The van der Waals surface area contributed by atoms with E-state index in [9.17, 15) is 9.18 Å². The Morgan fingerprint density at radius 1 is 1.09 bits per heavy atom. The normalized spacial score (nSPS) is 26.2. The molecule has 4 fully saturated rings. The van der Waals surface area contributed by atoms with Crippen LogP contribution in [0.2, 0.25) is 5.02 Å². The Bertz CT molecular complexity index is 1830. The number of amides is 1. The van der Waals surface area contributed by atoms with Crippen LogP contribution in [0.4, 0.5) is 14.6 Å². The second kappa shape index (κ2) is 10.4. The predicted octanol–water partition coefficient (Wildman–Crippen LogP) is 6.17. The Balaban J connectivity index is 1.22. The zero-order valence-corrected chi connectivity index (χ0v) is 24.9. The number of carbonyl (C=O) groups is 1. The third-order valence-corrected chi connectivity index (χ3v) is 10.5. The fraction of sp³-hybridized carbons (Fsp3) is 0.382. The van der Waals surface area contributed by atoms with E-state index in [2.05, 4.69) is 21.4 Å². The van der Waals surface area contributed by atoms with Crippen LogP contribution in [0.15, 0.2) is 61.2 Å². The number of fused-ring (bicyclic) bond motifs is 4. The van der Waals surface area contributed by atoms with Crippen LogP contribution >= 0.6 is 11.6 Å². The number of carbonyl (C=O) groups excluding carboxylic acids is 1. The Kier molecular flexibility index (Phi) is 6.54. The summed E-state index contributed by atoms with van der Waals surface area (Å²) in [5, 5.41) is 2.80. The molecule has 0 saturated carbocycles. The van der Waals surface area contributed by atoms with Crippen LogP contribution in [0.25, 0.3) is 32.8 Å². The van der Waals surface area contributed by atoms with Gasteiger partial charge in [0.2, 0.25) is 5.91 Å². The number of ether oxygens (including phenoxy) is 1. The zero-order chi connectivity index (χ0) is 30.2. The topological polar surface area (TPSA) is 61.8 Å². The molecule has 4 aliphatic rings. The van der Waals surface area contributed by atoms with Crippen LogP contribution < -0.4 is 9.64 Å². The lowest BCUT2D eigenvalue weighted by atomic mass is 9.94. The molecular weight excluding hydrogens is 584 g/mol. The van der Waals surface area contributed by atoms with E-state index < -0.39 is 17.5 Å². The summed E-state index contributed by atoms with van der Waals surface area (Å²) in [6.07, 6.45) is 3.48. The van der Waals surface area contributed by atoms with E-state index >= 15 is 4.39 Å². The van der Waals surface area contributed by atoms with Gasteiger partial charge >= 0.3 is 6.01 Å². The van der Waals surface area contributed by atoms with Crippen molar-refractivity contribution in [1.82, 2.24) is 19.8 Å². The van der Waals surface area contributed by atoms with Gasteiger partial charge in [0.25, 0.3) is 0 Å². The number of nitrogens with zero attached hydrogens (tertiary/aromatic N) is 5. The summed E-state index contributed by atoms with van der Waals surface area (Å²) >= 11 is 6.61. The molecule has 0 bridgehead atoms. The molecule has 0 radical (unpaired) electrons. The van der Waals surface area contributed by atoms with Crippen LogP contribution in [0, 0.1) is 5.82 Å². The molecular formula is C34H32ClF2N5O2. The van der Waals surface area contributed by atoms with Gasteiger partial charge in [0.15, 0.2) is 5.82 Å². The number of likely N-dealkylation sites (tertiary alicyclic amines) is 1. The minimum atomic E-state index is -0.888. The lowest BCUT2D eigenvalue weighted by Gasteiger charge is -2.47. The maximum Gasteiger partial charge on any atom is 0.319 e. The standard InChI is InChI=1S/C34H32ClF2N5O2/c1-2-28(43)41-15-12-26-27(41)18-42(26)32-24-11-10-23(22-8-3-6-20-7-4-9-25(35)29(20)22)30(37)31(24)38-33(39-32)44-19-34-13-5-14-40(34)17-21(36)16-34/h2-4,6-11,21,26-27H,1,5,12-19H2/t21-,26?,27-,34+/m1/s1. The molecule has 8 rings (SSSR count). The highest BCUT2D eigenvalue weighted by Crippen LogP contribution is 2.44. The van der Waals surface area contributed by atoms with Crippen molar-refractivity contribution in [2.75, 3.05) is 37.7 Å². The first-order valence-electron chi connectivity index (χ1n) is 15.3. The minimum Gasteiger partial charge on any atom is -0.461 e. The summed E-state index contributed by atoms with van der Waals surface area (Å²) in [5.74, 6) is 0.0121. The van der Waals surface area contributed by atoms with Gasteiger partial charge in [0.05, 0.1) is 17.6 Å². The molecule has 4 saturated heterocycles. The van der Waals surface area contributed by atoms with Crippen LogP contribution in [-0.4, -0.2) is 82.3 Å². The average molecular weight is 616 g/mol. The fourth-order valence-corrected chi connectivity index (χ4v) is 8.32. The number of aromatic nitrogens is 2. The van der Waals surface area contributed by atoms with Crippen molar-refractivity contribution in [3.63, 3.8) is 0 Å². The number of halogens is 3. The van der Waals surface area contributed by atoms with Crippen molar-refractivity contribution in [1.29, 1.82) is 0 Å². The highest BCUT2D eigenvalue weighted by Gasteiger charge is 2.51. The molecule has 4 aromatic rings. The molecule has 0 N–H and O–H groups in total. The predicted molar refractivity (Wildman–Crippen MR) is 167 cm³/mol. The van der Waals surface area contributed by atoms with Gasteiger partial charge in [-0.3, -0.25) is 9.69 Å². The van der Waals surface area contributed by atoms with Gasteiger partial charge in [-0.25, -0.2) is 8.78 Å². The monoisotopic (exact) mass is 615 g/mol. The largest absolute Gasteiger partial charge is 0.461 e. The minimum absolute atomic E-state index is 0.0442. The summed E-state index contributed by atoms with van der Waals surface area (Å²) in [5.41, 5.74) is 0.821. The van der Waals surface area contributed by atoms with Gasteiger partial charge in [0.1, 0.15) is 24.1 Å². The lowest BCUT2D eigenvalue weighted by molar-refractivity contribution is -0.127. The molecule has 1 amide bonds. The quantitative estimate of drug-likeness (QED) is 0.242. The lowest BCUT2D eigenvalue weighted by Crippen LogP contribution is -2.63. The van der Waals surface area contributed by atoms with Crippen molar-refractivity contribution >= 4 is 45.0 Å². The van der Waals surface area contributed by atoms with Gasteiger partial charge in [-0.15, -0.1) is 0 Å². The second-order valence-electron chi connectivity index (χ2n) is 12.5. The number of anilines is 1. The highest BCUT2D eigenvalue weighted by atomic mass is 35.5. The van der Waals surface area contributed by atoms with E-state index in [1.165, 1.54) is 6.08 Å². The number of hydrogen-bond acceptors (Lipinski definition) is 6. The first-order valence-corrected chi connectivity index (χ1v) is 15.6. The fourth-order valence-electron chi connectivity index (χ4n) is 8.04. The number of alkyl halides is 1. The van der Waals surface area contributed by atoms with Gasteiger partial charge in [-0.1, -0.05) is 54.6 Å². The van der Waals surface area contributed by atoms with Gasteiger partial charge in [-0.05, 0) is 55.0 Å². The van der Waals surface area contributed by atoms with Crippen molar-refractivity contribution in [2.45, 2.75) is 49.5 Å². The Morgan fingerprint density at radius 2 is 1.93 bits per heavy atom. The van der Waals surface area contributed by atoms with E-state index in [1.807, 2.05) is 41.3 Å². The molecule has 44 heavy (non-hydrogen) atoms. The smallest absolute Gasteiger partial charge is 0.319 e. The number of hydrogen-bond donors (Lipinski definition) is 0. The Hall–Kier alpha value is -3.82. The SMILES string of the molecule is C=CC(=O)N1CCC2[C@H]1CN2c1nc(OC[C@@]23CCCN2C[C@H](F)C3)nc2c(F)c(-c3cccc4cccc(Cl)c34)ccc12. The molecule has 7 nitrogen and oxygen atoms in total. The summed E-state index contributed by atoms with van der Waals surface area (Å²) in [7, 11) is 0. The van der Waals surface area contributed by atoms with Crippen LogP contribution in [-0.2, 0) is 4.79 Å². The first kappa shape index (κ1) is 27.7. The third kappa shape index (κ3) is 4.19. The van der Waals surface area contributed by atoms with E-state index in [-0.39, 0.29) is 36.1 Å². The molecule has 0 aliphatic carbocycles.